The van der Waals surface area contributed by atoms with E-state index in [4.69, 9.17) is 4.74 Å². The quantitative estimate of drug-likeness (QED) is 0.422. The van der Waals surface area contributed by atoms with Crippen molar-refractivity contribution < 1.29 is 33.4 Å². The molecule has 0 bridgehead atoms. The molecule has 34 heavy (non-hydrogen) atoms. The summed E-state index contributed by atoms with van der Waals surface area (Å²) in [6, 6.07) is 14.5. The molecule has 3 rings (SSSR count). The average Bonchev–Trinajstić information content (AvgIpc) is 3.11. The molecule has 178 valence electrons. The number of hydrogen-bond acceptors (Lipinski definition) is 7. The number of nitrogens with zero attached hydrogens (tertiary/aromatic N) is 1. The van der Waals surface area contributed by atoms with Gasteiger partial charge in [0.2, 0.25) is 0 Å². The molecular formula is C24H25N3O7. The maximum atomic E-state index is 13.0. The number of imide groups is 1. The number of urea groups is 1. The van der Waals surface area contributed by atoms with Gasteiger partial charge in [-0.15, -0.1) is 0 Å². The van der Waals surface area contributed by atoms with Crippen molar-refractivity contribution in [2.75, 3.05) is 20.3 Å². The molecule has 10 heteroatoms. The van der Waals surface area contributed by atoms with Gasteiger partial charge in [0.25, 0.3) is 11.8 Å². The van der Waals surface area contributed by atoms with Crippen LogP contribution in [0.1, 0.15) is 34.8 Å². The van der Waals surface area contributed by atoms with Crippen LogP contribution in [-0.4, -0.2) is 54.9 Å². The van der Waals surface area contributed by atoms with E-state index in [2.05, 4.69) is 15.4 Å². The monoisotopic (exact) mass is 467 g/mol. The lowest BCUT2D eigenvalue weighted by Crippen LogP contribution is -2.44. The van der Waals surface area contributed by atoms with E-state index < -0.39 is 48.5 Å². The summed E-state index contributed by atoms with van der Waals surface area (Å²) in [5.41, 5.74) is 0.472. The molecule has 2 aromatic rings. The second-order valence-corrected chi connectivity index (χ2v) is 7.57. The molecule has 10 nitrogen and oxygen atoms in total. The topological polar surface area (TPSA) is 131 Å². The van der Waals surface area contributed by atoms with Crippen LogP contribution in [0, 0.1) is 0 Å². The summed E-state index contributed by atoms with van der Waals surface area (Å²) >= 11 is 0. The number of rotatable bonds is 9. The number of methoxy groups -OCH3 is 1. The zero-order valence-electron chi connectivity index (χ0n) is 18.8. The second-order valence-electron chi connectivity index (χ2n) is 7.57. The van der Waals surface area contributed by atoms with Gasteiger partial charge in [0.15, 0.2) is 6.61 Å². The molecule has 0 spiro atoms. The number of benzene rings is 2. The largest absolute Gasteiger partial charge is 0.465 e. The molecule has 0 unspecified atom stereocenters. The molecule has 0 aliphatic carbocycles. The Morgan fingerprint density at radius 2 is 1.71 bits per heavy atom. The lowest BCUT2D eigenvalue weighted by atomic mass is 9.87. The highest BCUT2D eigenvalue weighted by molar-refractivity contribution is 6.09. The highest BCUT2D eigenvalue weighted by Gasteiger charge is 2.51. The minimum Gasteiger partial charge on any atom is -0.465 e. The Hall–Kier alpha value is -4.21. The Kier molecular flexibility index (Phi) is 7.62. The first kappa shape index (κ1) is 24.4. The van der Waals surface area contributed by atoms with Crippen LogP contribution in [0.25, 0.3) is 0 Å². The van der Waals surface area contributed by atoms with Crippen LogP contribution in [0.4, 0.5) is 4.79 Å². The summed E-state index contributed by atoms with van der Waals surface area (Å²) in [6.07, 6.45) is 0.302. The minimum atomic E-state index is -1.25. The predicted octanol–water partition coefficient (Wildman–Crippen LogP) is 1.49. The maximum absolute atomic E-state index is 13.0. The highest BCUT2D eigenvalue weighted by Crippen LogP contribution is 2.32. The third kappa shape index (κ3) is 5.22. The van der Waals surface area contributed by atoms with E-state index in [0.29, 0.717) is 17.5 Å². The number of carbonyl (C=O) groups is 5. The van der Waals surface area contributed by atoms with Crippen molar-refractivity contribution in [3.8, 4) is 0 Å². The normalized spacial score (nSPS) is 17.2. The summed E-state index contributed by atoms with van der Waals surface area (Å²) in [4.78, 5) is 61.9. The molecule has 4 amide bonds. The summed E-state index contributed by atoms with van der Waals surface area (Å²) < 4.78 is 9.56. The van der Waals surface area contributed by atoms with Gasteiger partial charge in [-0.25, -0.2) is 9.59 Å². The molecule has 1 atom stereocenters. The molecule has 0 radical (unpaired) electrons. The second kappa shape index (κ2) is 10.6. The van der Waals surface area contributed by atoms with Gasteiger partial charge in [0.1, 0.15) is 12.1 Å². The zero-order valence-corrected chi connectivity index (χ0v) is 18.8. The van der Waals surface area contributed by atoms with E-state index in [1.165, 1.54) is 7.11 Å². The number of carbonyl (C=O) groups excluding carboxylic acids is 5. The molecule has 1 aliphatic rings. The molecule has 1 aliphatic heterocycles. The minimum absolute atomic E-state index is 0.154. The van der Waals surface area contributed by atoms with Gasteiger partial charge in [-0.2, -0.15) is 0 Å². The molecule has 2 N–H and O–H groups in total. The highest BCUT2D eigenvalue weighted by atomic mass is 16.5. The van der Waals surface area contributed by atoms with Gasteiger partial charge in [-0.3, -0.25) is 19.3 Å². The molecule has 1 heterocycles. The lowest BCUT2D eigenvalue weighted by Gasteiger charge is -2.25. The van der Waals surface area contributed by atoms with E-state index in [0.717, 1.165) is 10.5 Å². The average molecular weight is 467 g/mol. The number of esters is 2. The fraction of sp³-hybridized carbons (Fsp3) is 0.292. The van der Waals surface area contributed by atoms with Crippen LogP contribution in [0.5, 0.6) is 0 Å². The molecule has 0 saturated carbocycles. The Labute approximate surface area is 196 Å². The van der Waals surface area contributed by atoms with Crippen LogP contribution in [0.2, 0.25) is 0 Å². The first-order chi connectivity index (χ1) is 16.3. The fourth-order valence-corrected chi connectivity index (χ4v) is 3.58. The van der Waals surface area contributed by atoms with Gasteiger partial charge in [-0.1, -0.05) is 49.4 Å². The van der Waals surface area contributed by atoms with Gasteiger partial charge in [0, 0.05) is 6.54 Å². The molecular weight excluding hydrogens is 442 g/mol. The lowest BCUT2D eigenvalue weighted by molar-refractivity contribution is -0.151. The SMILES string of the molecule is CC[C@@]1(c2ccccc2)NC(=O)N(CC(=O)OCC(=O)NCc2ccc(C(=O)OC)cc2)C1=O. The fourth-order valence-electron chi connectivity index (χ4n) is 3.58. The van der Waals surface area contributed by atoms with Crippen molar-refractivity contribution in [2.45, 2.75) is 25.4 Å². The van der Waals surface area contributed by atoms with E-state index in [9.17, 15) is 24.0 Å². The zero-order chi connectivity index (χ0) is 24.7. The number of ether oxygens (including phenoxy) is 2. The van der Waals surface area contributed by atoms with E-state index in [1.54, 1.807) is 61.5 Å². The number of nitrogens with one attached hydrogen (secondary N) is 2. The van der Waals surface area contributed by atoms with Gasteiger partial charge < -0.3 is 20.1 Å². The third-order valence-corrected chi connectivity index (χ3v) is 5.49. The predicted molar refractivity (Wildman–Crippen MR) is 119 cm³/mol. The van der Waals surface area contributed by atoms with Crippen molar-refractivity contribution in [1.82, 2.24) is 15.5 Å². The first-order valence-corrected chi connectivity index (χ1v) is 10.6. The van der Waals surface area contributed by atoms with E-state index >= 15 is 0 Å². The van der Waals surface area contributed by atoms with Crippen LogP contribution < -0.4 is 10.6 Å². The smallest absolute Gasteiger partial charge is 0.337 e. The van der Waals surface area contributed by atoms with Gasteiger partial charge >= 0.3 is 18.0 Å². The van der Waals surface area contributed by atoms with Gasteiger partial charge in [0.05, 0.1) is 12.7 Å². The summed E-state index contributed by atoms with van der Waals surface area (Å²) in [7, 11) is 1.28. The van der Waals surface area contributed by atoms with Crippen LogP contribution in [0.3, 0.4) is 0 Å². The Balaban J connectivity index is 1.50. The Morgan fingerprint density at radius 1 is 1.03 bits per heavy atom. The van der Waals surface area contributed by atoms with Crippen molar-refractivity contribution in [1.29, 1.82) is 0 Å². The van der Waals surface area contributed by atoms with Crippen LogP contribution in [0.15, 0.2) is 54.6 Å². The molecule has 2 aromatic carbocycles. The number of amides is 4. The van der Waals surface area contributed by atoms with Crippen molar-refractivity contribution in [3.05, 3.63) is 71.3 Å². The summed E-state index contributed by atoms with van der Waals surface area (Å²) in [5.74, 6) is -2.47. The Morgan fingerprint density at radius 3 is 2.32 bits per heavy atom. The van der Waals surface area contributed by atoms with E-state index in [-0.39, 0.29) is 6.54 Å². The number of hydrogen-bond donors (Lipinski definition) is 2. The van der Waals surface area contributed by atoms with Crippen molar-refractivity contribution in [3.63, 3.8) is 0 Å². The van der Waals surface area contributed by atoms with E-state index in [1.807, 2.05) is 0 Å². The maximum Gasteiger partial charge on any atom is 0.337 e. The van der Waals surface area contributed by atoms with Crippen molar-refractivity contribution >= 4 is 29.8 Å². The standard InChI is InChI=1S/C24H25N3O7/c1-3-24(18-7-5-4-6-8-18)22(31)27(23(32)26-24)14-20(29)34-15-19(28)25-13-16-9-11-17(12-10-16)21(30)33-2/h4-12H,3,13-15H2,1-2H3,(H,25,28)(H,26,32)/t24-/m0/s1. The summed E-state index contributed by atoms with van der Waals surface area (Å²) in [6.45, 7) is 0.739. The molecule has 1 saturated heterocycles. The van der Waals surface area contributed by atoms with Crippen LogP contribution >= 0.6 is 0 Å². The molecule has 1 fully saturated rings. The molecule has 0 aromatic heterocycles. The summed E-state index contributed by atoms with van der Waals surface area (Å²) in [5, 5.41) is 5.26. The Bertz CT molecular complexity index is 1090. The van der Waals surface area contributed by atoms with Gasteiger partial charge in [-0.05, 0) is 29.7 Å². The first-order valence-electron chi connectivity index (χ1n) is 10.6. The van der Waals surface area contributed by atoms with Crippen LogP contribution in [-0.2, 0) is 35.9 Å². The van der Waals surface area contributed by atoms with Crippen molar-refractivity contribution in [2.24, 2.45) is 0 Å². The third-order valence-electron chi connectivity index (χ3n) is 5.49.